The van der Waals surface area contributed by atoms with Gasteiger partial charge >= 0.3 is 11.1 Å². The maximum absolute atomic E-state index is 12.7. The molecule has 0 bridgehead atoms. The van der Waals surface area contributed by atoms with E-state index in [9.17, 15) is 14.4 Å². The van der Waals surface area contributed by atoms with E-state index in [2.05, 4.69) is 5.32 Å². The second kappa shape index (κ2) is 7.23. The Morgan fingerprint density at radius 3 is 2.00 bits per heavy atom. The van der Waals surface area contributed by atoms with Gasteiger partial charge in [-0.2, -0.15) is 0 Å². The SMILES string of the molecule is CCn1c(=O)c(=O)n(CC)c2cc(NC(=O)c3ccccc3C)c(C)cc21. The van der Waals surface area contributed by atoms with Crippen molar-refractivity contribution in [3.8, 4) is 0 Å². The van der Waals surface area contributed by atoms with E-state index in [0.717, 1.165) is 11.1 Å². The maximum Gasteiger partial charge on any atom is 0.316 e. The quantitative estimate of drug-likeness (QED) is 0.722. The Morgan fingerprint density at radius 2 is 1.44 bits per heavy atom. The molecule has 0 aliphatic heterocycles. The Hall–Kier alpha value is -3.15. The number of hydrogen-bond acceptors (Lipinski definition) is 3. The zero-order chi connectivity index (χ0) is 19.7. The van der Waals surface area contributed by atoms with Crippen LogP contribution in [0.5, 0.6) is 0 Å². The molecule has 140 valence electrons. The molecule has 1 heterocycles. The van der Waals surface area contributed by atoms with Gasteiger partial charge in [0.15, 0.2) is 0 Å². The molecule has 3 rings (SSSR count). The first kappa shape index (κ1) is 18.6. The monoisotopic (exact) mass is 365 g/mol. The topological polar surface area (TPSA) is 73.1 Å². The minimum atomic E-state index is -0.549. The summed E-state index contributed by atoms with van der Waals surface area (Å²) < 4.78 is 2.93. The molecule has 6 heteroatoms. The molecule has 1 N–H and O–H groups in total. The van der Waals surface area contributed by atoms with Gasteiger partial charge in [-0.3, -0.25) is 14.4 Å². The van der Waals surface area contributed by atoms with Crippen LogP contribution in [0.4, 0.5) is 5.69 Å². The average molecular weight is 365 g/mol. The van der Waals surface area contributed by atoms with Gasteiger partial charge in [-0.05, 0) is 57.0 Å². The molecular weight excluding hydrogens is 342 g/mol. The van der Waals surface area contributed by atoms with Crippen molar-refractivity contribution in [1.29, 1.82) is 0 Å². The molecule has 1 aromatic heterocycles. The molecule has 0 aliphatic carbocycles. The molecule has 0 spiro atoms. The fourth-order valence-electron chi connectivity index (χ4n) is 3.34. The van der Waals surface area contributed by atoms with Gasteiger partial charge in [-0.15, -0.1) is 0 Å². The predicted molar refractivity (Wildman–Crippen MR) is 108 cm³/mol. The second-order valence-electron chi connectivity index (χ2n) is 6.52. The lowest BCUT2D eigenvalue weighted by Gasteiger charge is -2.16. The third-order valence-corrected chi connectivity index (χ3v) is 4.85. The Bertz CT molecular complexity index is 1160. The summed E-state index contributed by atoms with van der Waals surface area (Å²) in [6, 6.07) is 11.0. The molecule has 0 saturated heterocycles. The lowest BCUT2D eigenvalue weighted by molar-refractivity contribution is 0.102. The van der Waals surface area contributed by atoms with E-state index in [1.54, 1.807) is 12.1 Å². The Kier molecular flexibility index (Phi) is 4.99. The molecule has 0 radical (unpaired) electrons. The highest BCUT2D eigenvalue weighted by Crippen LogP contribution is 2.23. The van der Waals surface area contributed by atoms with E-state index < -0.39 is 11.1 Å². The summed E-state index contributed by atoms with van der Waals surface area (Å²) in [7, 11) is 0. The number of fused-ring (bicyclic) bond motifs is 1. The van der Waals surface area contributed by atoms with Gasteiger partial charge < -0.3 is 14.5 Å². The number of nitrogens with zero attached hydrogens (tertiary/aromatic N) is 2. The van der Waals surface area contributed by atoms with Crippen LogP contribution in [-0.4, -0.2) is 15.0 Å². The zero-order valence-electron chi connectivity index (χ0n) is 16.0. The van der Waals surface area contributed by atoms with Gasteiger partial charge in [0.1, 0.15) is 0 Å². The van der Waals surface area contributed by atoms with Crippen molar-refractivity contribution in [1.82, 2.24) is 9.13 Å². The number of aryl methyl sites for hydroxylation is 4. The molecule has 3 aromatic rings. The standard InChI is InChI=1S/C21H23N3O3/c1-5-23-17-11-14(4)16(12-18(17)24(6-2)21(27)20(23)26)22-19(25)15-10-8-7-9-13(15)3/h7-12H,5-6H2,1-4H3,(H,22,25). The van der Waals surface area contributed by atoms with E-state index in [1.807, 2.05) is 52.0 Å². The number of carbonyl (C=O) groups is 1. The largest absolute Gasteiger partial charge is 0.322 e. The molecule has 1 amide bonds. The highest BCUT2D eigenvalue weighted by molar-refractivity contribution is 6.06. The lowest BCUT2D eigenvalue weighted by atomic mass is 10.1. The average Bonchev–Trinajstić information content (AvgIpc) is 2.65. The van der Waals surface area contributed by atoms with Crippen molar-refractivity contribution >= 4 is 22.6 Å². The molecule has 0 saturated carbocycles. The minimum Gasteiger partial charge on any atom is -0.322 e. The van der Waals surface area contributed by atoms with Gasteiger partial charge in [-0.25, -0.2) is 0 Å². The third-order valence-electron chi connectivity index (χ3n) is 4.85. The lowest BCUT2D eigenvalue weighted by Crippen LogP contribution is -2.41. The van der Waals surface area contributed by atoms with Crippen LogP contribution < -0.4 is 16.4 Å². The second-order valence-corrected chi connectivity index (χ2v) is 6.52. The Morgan fingerprint density at radius 1 is 0.889 bits per heavy atom. The van der Waals surface area contributed by atoms with Crippen molar-refractivity contribution in [2.24, 2.45) is 0 Å². The normalized spacial score (nSPS) is 11.0. The molecule has 2 aromatic carbocycles. The fraction of sp³-hybridized carbons (Fsp3) is 0.286. The number of rotatable bonds is 4. The van der Waals surface area contributed by atoms with Crippen LogP contribution in [0, 0.1) is 13.8 Å². The van der Waals surface area contributed by atoms with Crippen LogP contribution in [-0.2, 0) is 13.1 Å². The van der Waals surface area contributed by atoms with Crippen LogP contribution >= 0.6 is 0 Å². The number of hydrogen-bond donors (Lipinski definition) is 1. The number of nitrogens with one attached hydrogen (secondary N) is 1. The highest BCUT2D eigenvalue weighted by Gasteiger charge is 2.15. The molecule has 0 atom stereocenters. The van der Waals surface area contributed by atoms with Gasteiger partial charge in [0, 0.05) is 24.3 Å². The number of amides is 1. The number of aromatic nitrogens is 2. The van der Waals surface area contributed by atoms with E-state index in [0.29, 0.717) is 35.4 Å². The first-order chi connectivity index (χ1) is 12.9. The first-order valence-corrected chi connectivity index (χ1v) is 9.04. The van der Waals surface area contributed by atoms with Crippen molar-refractivity contribution in [3.63, 3.8) is 0 Å². The van der Waals surface area contributed by atoms with Crippen LogP contribution in [0.3, 0.4) is 0 Å². The van der Waals surface area contributed by atoms with Gasteiger partial charge in [0.2, 0.25) is 0 Å². The summed E-state index contributed by atoms with van der Waals surface area (Å²) in [5, 5.41) is 2.94. The summed E-state index contributed by atoms with van der Waals surface area (Å²) in [6.07, 6.45) is 0. The van der Waals surface area contributed by atoms with Crippen LogP contribution in [0.25, 0.3) is 11.0 Å². The highest BCUT2D eigenvalue weighted by atomic mass is 16.2. The van der Waals surface area contributed by atoms with E-state index in [4.69, 9.17) is 0 Å². The predicted octanol–water partition coefficient (Wildman–Crippen LogP) is 3.07. The first-order valence-electron chi connectivity index (χ1n) is 9.04. The maximum atomic E-state index is 12.7. The third kappa shape index (κ3) is 3.18. The summed E-state index contributed by atoms with van der Waals surface area (Å²) in [5.41, 5.74) is 3.19. The van der Waals surface area contributed by atoms with E-state index in [1.165, 1.54) is 9.13 Å². The van der Waals surface area contributed by atoms with E-state index in [-0.39, 0.29) is 5.91 Å². The van der Waals surface area contributed by atoms with Crippen LogP contribution in [0.15, 0.2) is 46.0 Å². The summed E-state index contributed by atoms with van der Waals surface area (Å²) in [4.78, 5) is 37.5. The van der Waals surface area contributed by atoms with Crippen LogP contribution in [0.2, 0.25) is 0 Å². The Balaban J connectivity index is 2.18. The molecule has 0 unspecified atom stereocenters. The minimum absolute atomic E-state index is 0.204. The van der Waals surface area contributed by atoms with Crippen molar-refractivity contribution in [3.05, 3.63) is 73.8 Å². The fourth-order valence-corrected chi connectivity index (χ4v) is 3.34. The smallest absolute Gasteiger partial charge is 0.316 e. The van der Waals surface area contributed by atoms with Crippen molar-refractivity contribution in [2.75, 3.05) is 5.32 Å². The summed E-state index contributed by atoms with van der Waals surface area (Å²) >= 11 is 0. The molecule has 27 heavy (non-hydrogen) atoms. The van der Waals surface area contributed by atoms with Gasteiger partial charge in [0.25, 0.3) is 5.91 Å². The van der Waals surface area contributed by atoms with Gasteiger partial charge in [0.05, 0.1) is 11.0 Å². The van der Waals surface area contributed by atoms with Crippen molar-refractivity contribution < 1.29 is 4.79 Å². The molecular formula is C21H23N3O3. The van der Waals surface area contributed by atoms with Gasteiger partial charge in [-0.1, -0.05) is 18.2 Å². The molecule has 6 nitrogen and oxygen atoms in total. The molecule has 0 fully saturated rings. The summed E-state index contributed by atoms with van der Waals surface area (Å²) in [6.45, 7) is 8.20. The van der Waals surface area contributed by atoms with Crippen molar-refractivity contribution in [2.45, 2.75) is 40.8 Å². The zero-order valence-corrected chi connectivity index (χ0v) is 16.0. The van der Waals surface area contributed by atoms with E-state index >= 15 is 0 Å². The molecule has 0 aliphatic rings. The number of anilines is 1. The summed E-state index contributed by atoms with van der Waals surface area (Å²) in [5.74, 6) is -0.204. The number of benzene rings is 2. The van der Waals surface area contributed by atoms with Crippen LogP contribution in [0.1, 0.15) is 35.3 Å². The Labute approximate surface area is 157 Å². The number of carbonyl (C=O) groups excluding carboxylic acids is 1.